The second-order valence-electron chi connectivity index (χ2n) is 4.02. The second-order valence-corrected chi connectivity index (χ2v) is 4.02. The molecular formula is C10H17BO2. The van der Waals surface area contributed by atoms with Crippen molar-refractivity contribution >= 4 is 13.8 Å². The molecule has 0 amide bonds. The molecule has 0 unspecified atom stereocenters. The third-order valence-electron chi connectivity index (χ3n) is 2.62. The zero-order chi connectivity index (χ0) is 9.73. The standard InChI is InChI=1S/C10H17BO2/c1-10(6-3-2-4-7-10)13-9(12)5-8-11/h2-8H2,1H3. The van der Waals surface area contributed by atoms with Crippen LogP contribution in [0.4, 0.5) is 0 Å². The fraction of sp³-hybridized carbons (Fsp3) is 0.900. The van der Waals surface area contributed by atoms with Crippen molar-refractivity contribution in [1.29, 1.82) is 0 Å². The summed E-state index contributed by atoms with van der Waals surface area (Å²) in [7, 11) is 5.28. The van der Waals surface area contributed by atoms with Crippen molar-refractivity contribution in [1.82, 2.24) is 0 Å². The van der Waals surface area contributed by atoms with E-state index in [-0.39, 0.29) is 11.6 Å². The largest absolute Gasteiger partial charge is 0.459 e. The average molecular weight is 180 g/mol. The van der Waals surface area contributed by atoms with Gasteiger partial charge < -0.3 is 4.74 Å². The third kappa shape index (κ3) is 3.41. The van der Waals surface area contributed by atoms with Crippen molar-refractivity contribution in [2.75, 3.05) is 0 Å². The van der Waals surface area contributed by atoms with E-state index >= 15 is 0 Å². The molecule has 1 aliphatic carbocycles. The molecule has 1 rings (SSSR count). The van der Waals surface area contributed by atoms with E-state index in [1.807, 2.05) is 6.92 Å². The summed E-state index contributed by atoms with van der Waals surface area (Å²) < 4.78 is 5.40. The lowest BCUT2D eigenvalue weighted by Crippen LogP contribution is -2.33. The summed E-state index contributed by atoms with van der Waals surface area (Å²) in [6, 6.07) is 0. The predicted octanol–water partition coefficient (Wildman–Crippen LogP) is 2.23. The normalized spacial score (nSPS) is 21.0. The molecular weight excluding hydrogens is 163 g/mol. The molecule has 0 atom stereocenters. The minimum atomic E-state index is -0.204. The molecule has 0 aromatic rings. The number of hydrogen-bond donors (Lipinski definition) is 0. The minimum Gasteiger partial charge on any atom is -0.459 e. The van der Waals surface area contributed by atoms with Crippen LogP contribution in [0.2, 0.25) is 6.32 Å². The van der Waals surface area contributed by atoms with Gasteiger partial charge in [-0.3, -0.25) is 4.79 Å². The molecule has 1 saturated carbocycles. The summed E-state index contributed by atoms with van der Waals surface area (Å²) in [6.45, 7) is 2.03. The smallest absolute Gasteiger partial charge is 0.305 e. The molecule has 0 spiro atoms. The summed E-state index contributed by atoms with van der Waals surface area (Å²) in [5.74, 6) is -0.146. The SMILES string of the molecule is [B]CCC(=O)OC1(C)CCCCC1. The Bertz CT molecular complexity index is 174. The summed E-state index contributed by atoms with van der Waals surface area (Å²) in [5, 5.41) is 0. The van der Waals surface area contributed by atoms with E-state index in [4.69, 9.17) is 12.6 Å². The Morgan fingerprint density at radius 2 is 2.00 bits per heavy atom. The van der Waals surface area contributed by atoms with Crippen LogP contribution in [0.5, 0.6) is 0 Å². The van der Waals surface area contributed by atoms with E-state index in [1.165, 1.54) is 19.3 Å². The molecule has 72 valence electrons. The number of hydrogen-bond acceptors (Lipinski definition) is 2. The highest BCUT2D eigenvalue weighted by Crippen LogP contribution is 2.31. The lowest BCUT2D eigenvalue weighted by atomic mass is 9.86. The molecule has 2 radical (unpaired) electrons. The molecule has 0 N–H and O–H groups in total. The number of ether oxygens (including phenoxy) is 1. The van der Waals surface area contributed by atoms with Gasteiger partial charge in [0.25, 0.3) is 0 Å². The van der Waals surface area contributed by atoms with Crippen LogP contribution in [0, 0.1) is 0 Å². The number of carbonyl (C=O) groups excluding carboxylic acids is 1. The first-order valence-electron chi connectivity index (χ1n) is 5.08. The van der Waals surface area contributed by atoms with Crippen molar-refractivity contribution in [3.8, 4) is 0 Å². The van der Waals surface area contributed by atoms with E-state index in [9.17, 15) is 4.79 Å². The van der Waals surface area contributed by atoms with Gasteiger partial charge in [-0.15, -0.1) is 0 Å². The Morgan fingerprint density at radius 3 is 2.54 bits per heavy atom. The predicted molar refractivity (Wildman–Crippen MR) is 52.8 cm³/mol. The molecule has 0 aromatic carbocycles. The molecule has 1 fully saturated rings. The fourth-order valence-electron chi connectivity index (χ4n) is 1.85. The van der Waals surface area contributed by atoms with E-state index < -0.39 is 0 Å². The molecule has 0 saturated heterocycles. The third-order valence-corrected chi connectivity index (χ3v) is 2.62. The summed E-state index contributed by atoms with van der Waals surface area (Å²) in [4.78, 5) is 11.2. The summed E-state index contributed by atoms with van der Waals surface area (Å²) in [6.07, 6.45) is 6.35. The van der Waals surface area contributed by atoms with E-state index in [2.05, 4.69) is 0 Å². The highest BCUT2D eigenvalue weighted by Gasteiger charge is 2.30. The van der Waals surface area contributed by atoms with Gasteiger partial charge in [-0.25, -0.2) is 0 Å². The van der Waals surface area contributed by atoms with Gasteiger partial charge >= 0.3 is 5.97 Å². The van der Waals surface area contributed by atoms with Crippen LogP contribution in [-0.2, 0) is 9.53 Å². The Morgan fingerprint density at radius 1 is 1.38 bits per heavy atom. The second kappa shape index (κ2) is 4.68. The van der Waals surface area contributed by atoms with Gasteiger partial charge in [0.05, 0.1) is 7.85 Å². The minimum absolute atomic E-state index is 0.146. The first kappa shape index (κ1) is 10.6. The first-order chi connectivity index (χ1) is 6.16. The van der Waals surface area contributed by atoms with Crippen molar-refractivity contribution in [2.45, 2.75) is 57.4 Å². The van der Waals surface area contributed by atoms with Gasteiger partial charge in [-0.2, -0.15) is 0 Å². The maximum atomic E-state index is 11.2. The zero-order valence-electron chi connectivity index (χ0n) is 8.34. The van der Waals surface area contributed by atoms with Gasteiger partial charge in [-0.05, 0) is 32.6 Å². The highest BCUT2D eigenvalue weighted by atomic mass is 16.6. The molecule has 0 aromatic heterocycles. The molecule has 13 heavy (non-hydrogen) atoms. The zero-order valence-corrected chi connectivity index (χ0v) is 8.34. The quantitative estimate of drug-likeness (QED) is 0.491. The van der Waals surface area contributed by atoms with Crippen LogP contribution in [0.3, 0.4) is 0 Å². The number of carbonyl (C=O) groups is 1. The number of esters is 1. The van der Waals surface area contributed by atoms with E-state index in [1.54, 1.807) is 0 Å². The molecule has 0 heterocycles. The van der Waals surface area contributed by atoms with E-state index in [0.29, 0.717) is 12.7 Å². The monoisotopic (exact) mass is 180 g/mol. The molecule has 0 bridgehead atoms. The van der Waals surface area contributed by atoms with Gasteiger partial charge in [0.1, 0.15) is 5.60 Å². The van der Waals surface area contributed by atoms with Crippen LogP contribution in [-0.4, -0.2) is 19.4 Å². The lowest BCUT2D eigenvalue weighted by molar-refractivity contribution is -0.160. The summed E-state index contributed by atoms with van der Waals surface area (Å²) in [5.41, 5.74) is -0.204. The summed E-state index contributed by atoms with van der Waals surface area (Å²) >= 11 is 0. The fourth-order valence-corrected chi connectivity index (χ4v) is 1.85. The van der Waals surface area contributed by atoms with Crippen LogP contribution in [0.15, 0.2) is 0 Å². The van der Waals surface area contributed by atoms with E-state index in [0.717, 1.165) is 12.8 Å². The maximum absolute atomic E-state index is 11.2. The Hall–Kier alpha value is -0.465. The molecule has 0 aliphatic heterocycles. The Labute approximate surface area is 81.4 Å². The molecule has 3 heteroatoms. The van der Waals surface area contributed by atoms with Crippen molar-refractivity contribution in [3.05, 3.63) is 0 Å². The molecule has 2 nitrogen and oxygen atoms in total. The van der Waals surface area contributed by atoms with Crippen molar-refractivity contribution < 1.29 is 9.53 Å². The highest BCUT2D eigenvalue weighted by molar-refractivity contribution is 6.09. The van der Waals surface area contributed by atoms with Gasteiger partial charge in [0.2, 0.25) is 0 Å². The molecule has 1 aliphatic rings. The van der Waals surface area contributed by atoms with Crippen molar-refractivity contribution in [2.24, 2.45) is 0 Å². The van der Waals surface area contributed by atoms with Gasteiger partial charge in [-0.1, -0.05) is 12.7 Å². The Kier molecular flexibility index (Phi) is 3.82. The van der Waals surface area contributed by atoms with Crippen LogP contribution in [0.1, 0.15) is 45.4 Å². The Balaban J connectivity index is 2.36. The first-order valence-corrected chi connectivity index (χ1v) is 5.08. The van der Waals surface area contributed by atoms with Crippen LogP contribution in [0.25, 0.3) is 0 Å². The average Bonchev–Trinajstić information content (AvgIpc) is 2.04. The van der Waals surface area contributed by atoms with Crippen LogP contribution >= 0.6 is 0 Å². The maximum Gasteiger partial charge on any atom is 0.305 e. The van der Waals surface area contributed by atoms with Gasteiger partial charge in [0, 0.05) is 6.42 Å². The van der Waals surface area contributed by atoms with Crippen LogP contribution < -0.4 is 0 Å². The lowest BCUT2D eigenvalue weighted by Gasteiger charge is -2.33. The van der Waals surface area contributed by atoms with Gasteiger partial charge in [0.15, 0.2) is 0 Å². The van der Waals surface area contributed by atoms with Crippen molar-refractivity contribution in [3.63, 3.8) is 0 Å². The number of rotatable bonds is 3. The topological polar surface area (TPSA) is 26.3 Å².